The van der Waals surface area contributed by atoms with Gasteiger partial charge in [-0.1, -0.05) is 60.7 Å². The summed E-state index contributed by atoms with van der Waals surface area (Å²) in [6, 6.07) is 18.6. The maximum absolute atomic E-state index is 11.6. The van der Waals surface area contributed by atoms with Crippen molar-refractivity contribution >= 4 is 17.7 Å². The van der Waals surface area contributed by atoms with Crippen LogP contribution in [0, 0.1) is 5.92 Å². The number of carboxylic acid groups (broad SMARTS) is 1. The molecule has 0 spiro atoms. The molecular formula is C20H19NO4. The second-order valence-corrected chi connectivity index (χ2v) is 5.36. The van der Waals surface area contributed by atoms with Crippen LogP contribution in [0.25, 0.3) is 0 Å². The summed E-state index contributed by atoms with van der Waals surface area (Å²) in [7, 11) is 1.26. The number of carboxylic acids is 1. The van der Waals surface area contributed by atoms with Crippen molar-refractivity contribution in [3.05, 3.63) is 83.6 Å². The van der Waals surface area contributed by atoms with Gasteiger partial charge in [0.05, 0.1) is 18.7 Å². The number of carbonyl (C=O) groups excluding carboxylic acids is 1. The van der Waals surface area contributed by atoms with Gasteiger partial charge in [-0.05, 0) is 13.0 Å². The van der Waals surface area contributed by atoms with Crippen molar-refractivity contribution in [1.82, 2.24) is 0 Å². The van der Waals surface area contributed by atoms with E-state index in [0.717, 1.165) is 11.1 Å². The highest BCUT2D eigenvalue weighted by Gasteiger charge is 2.17. The van der Waals surface area contributed by atoms with Crippen molar-refractivity contribution < 1.29 is 19.4 Å². The van der Waals surface area contributed by atoms with Gasteiger partial charge in [0.15, 0.2) is 0 Å². The molecule has 5 heteroatoms. The minimum absolute atomic E-state index is 0.208. The number of nitrogens with zero attached hydrogens (tertiary/aromatic N) is 1. The normalized spacial score (nSPS) is 12.2. The lowest BCUT2D eigenvalue weighted by Crippen LogP contribution is -2.13. The number of aliphatic imine (C=N–C) groups is 1. The van der Waals surface area contributed by atoms with Crippen LogP contribution in [0.4, 0.5) is 0 Å². The first-order chi connectivity index (χ1) is 12.0. The quantitative estimate of drug-likeness (QED) is 0.498. The molecule has 0 radical (unpaired) electrons. The third-order valence-corrected chi connectivity index (χ3v) is 3.53. The molecule has 2 aromatic carbocycles. The number of hydrogen-bond acceptors (Lipinski definition) is 4. The first kappa shape index (κ1) is 18.1. The van der Waals surface area contributed by atoms with Crippen LogP contribution in [-0.4, -0.2) is 29.9 Å². The summed E-state index contributed by atoms with van der Waals surface area (Å²) in [4.78, 5) is 27.5. The molecule has 2 aromatic rings. The maximum Gasteiger partial charge on any atom is 0.354 e. The van der Waals surface area contributed by atoms with Crippen molar-refractivity contribution in [1.29, 1.82) is 0 Å². The van der Waals surface area contributed by atoms with E-state index in [4.69, 9.17) is 0 Å². The molecule has 1 atom stereocenters. The average molecular weight is 337 g/mol. The van der Waals surface area contributed by atoms with Gasteiger partial charge in [-0.25, -0.2) is 9.79 Å². The minimum Gasteiger partial charge on any atom is -0.477 e. The van der Waals surface area contributed by atoms with Gasteiger partial charge in [-0.15, -0.1) is 0 Å². The van der Waals surface area contributed by atoms with Gasteiger partial charge in [0.2, 0.25) is 0 Å². The van der Waals surface area contributed by atoms with Gasteiger partial charge in [0.25, 0.3) is 0 Å². The molecule has 0 bridgehead atoms. The predicted octanol–water partition coefficient (Wildman–Crippen LogP) is 3.30. The third-order valence-electron chi connectivity index (χ3n) is 3.53. The zero-order valence-corrected chi connectivity index (χ0v) is 14.0. The van der Waals surface area contributed by atoms with Crippen molar-refractivity contribution in [3.63, 3.8) is 0 Å². The van der Waals surface area contributed by atoms with E-state index < -0.39 is 17.9 Å². The number of methoxy groups -OCH3 is 1. The van der Waals surface area contributed by atoms with Crippen LogP contribution in [0.1, 0.15) is 18.1 Å². The molecule has 5 nitrogen and oxygen atoms in total. The van der Waals surface area contributed by atoms with Crippen molar-refractivity contribution in [3.8, 4) is 0 Å². The molecule has 25 heavy (non-hydrogen) atoms. The molecule has 0 fully saturated rings. The predicted molar refractivity (Wildman–Crippen MR) is 95.4 cm³/mol. The maximum atomic E-state index is 11.6. The molecule has 0 saturated carbocycles. The summed E-state index contributed by atoms with van der Waals surface area (Å²) in [5.41, 5.74) is 1.88. The van der Waals surface area contributed by atoms with Gasteiger partial charge >= 0.3 is 11.9 Å². The topological polar surface area (TPSA) is 76.0 Å². The van der Waals surface area contributed by atoms with Gasteiger partial charge in [-0.3, -0.25) is 4.79 Å². The van der Waals surface area contributed by atoms with Gasteiger partial charge in [0, 0.05) is 11.1 Å². The number of esters is 1. The van der Waals surface area contributed by atoms with E-state index >= 15 is 0 Å². The van der Waals surface area contributed by atoms with Crippen LogP contribution in [0.2, 0.25) is 0 Å². The molecule has 0 saturated heterocycles. The monoisotopic (exact) mass is 337 g/mol. The minimum atomic E-state index is -1.21. The third kappa shape index (κ3) is 4.88. The fraction of sp³-hybridized carbons (Fsp3) is 0.150. The Kier molecular flexibility index (Phi) is 6.23. The van der Waals surface area contributed by atoms with Crippen LogP contribution in [0.3, 0.4) is 0 Å². The molecular weight excluding hydrogens is 318 g/mol. The van der Waals surface area contributed by atoms with Gasteiger partial charge in [0.1, 0.15) is 5.70 Å². The second kappa shape index (κ2) is 8.59. The van der Waals surface area contributed by atoms with Gasteiger partial charge in [-0.2, -0.15) is 0 Å². The lowest BCUT2D eigenvalue weighted by Gasteiger charge is -2.09. The standard InChI is InChI=1S/C20H19NO4/c1-14(20(24)25-2)13-17(19(22)23)21-18(15-9-5-3-6-10-15)16-11-7-4-8-12-16/h3-14H,1-2H3,(H,22,23). The van der Waals surface area contributed by atoms with Crippen molar-refractivity contribution in [2.24, 2.45) is 10.9 Å². The first-order valence-electron chi connectivity index (χ1n) is 7.75. The Bertz CT molecular complexity index is 753. The summed E-state index contributed by atoms with van der Waals surface area (Å²) < 4.78 is 4.64. The zero-order chi connectivity index (χ0) is 18.2. The number of aliphatic carboxylic acids is 1. The van der Waals surface area contributed by atoms with Crippen molar-refractivity contribution in [2.45, 2.75) is 6.92 Å². The molecule has 0 heterocycles. The molecule has 1 unspecified atom stereocenters. The molecule has 0 aliphatic rings. The van der Waals surface area contributed by atoms with Crippen LogP contribution in [-0.2, 0) is 14.3 Å². The van der Waals surface area contributed by atoms with E-state index in [9.17, 15) is 14.7 Å². The number of carbonyl (C=O) groups is 2. The molecule has 0 aromatic heterocycles. The summed E-state index contributed by atoms with van der Waals surface area (Å²) in [6.45, 7) is 1.56. The Morgan fingerprint density at radius 1 is 1.00 bits per heavy atom. The molecule has 1 N–H and O–H groups in total. The number of hydrogen-bond donors (Lipinski definition) is 1. The van der Waals surface area contributed by atoms with E-state index in [2.05, 4.69) is 9.73 Å². The van der Waals surface area contributed by atoms with Crippen LogP contribution < -0.4 is 0 Å². The summed E-state index contributed by atoms with van der Waals surface area (Å²) in [6.07, 6.45) is 1.29. The average Bonchev–Trinajstić information content (AvgIpc) is 2.65. The zero-order valence-electron chi connectivity index (χ0n) is 14.0. The fourth-order valence-corrected chi connectivity index (χ4v) is 2.26. The van der Waals surface area contributed by atoms with Crippen LogP contribution >= 0.6 is 0 Å². The van der Waals surface area contributed by atoms with Crippen molar-refractivity contribution in [2.75, 3.05) is 7.11 Å². The van der Waals surface area contributed by atoms with E-state index in [-0.39, 0.29) is 5.70 Å². The van der Waals surface area contributed by atoms with Crippen LogP contribution in [0.5, 0.6) is 0 Å². The molecule has 0 amide bonds. The van der Waals surface area contributed by atoms with E-state index in [1.165, 1.54) is 13.2 Å². The van der Waals surface area contributed by atoms with E-state index in [0.29, 0.717) is 5.71 Å². The molecule has 2 rings (SSSR count). The SMILES string of the molecule is COC(=O)C(C)C=C(N=C(c1ccccc1)c1ccccc1)C(=O)O. The Balaban J connectivity index is 2.56. The smallest absolute Gasteiger partial charge is 0.354 e. The Morgan fingerprint density at radius 3 is 1.88 bits per heavy atom. The fourth-order valence-electron chi connectivity index (χ4n) is 2.26. The molecule has 0 aliphatic heterocycles. The van der Waals surface area contributed by atoms with Gasteiger partial charge < -0.3 is 9.84 Å². The highest BCUT2D eigenvalue weighted by Crippen LogP contribution is 2.15. The first-order valence-corrected chi connectivity index (χ1v) is 7.75. The highest BCUT2D eigenvalue weighted by atomic mass is 16.5. The van der Waals surface area contributed by atoms with E-state index in [1.54, 1.807) is 6.92 Å². The molecule has 0 aliphatic carbocycles. The Labute approximate surface area is 146 Å². The lowest BCUT2D eigenvalue weighted by atomic mass is 10.0. The highest BCUT2D eigenvalue weighted by molar-refractivity contribution is 6.14. The number of benzene rings is 2. The second-order valence-electron chi connectivity index (χ2n) is 5.36. The number of rotatable bonds is 6. The Hall–Kier alpha value is -3.21. The van der Waals surface area contributed by atoms with E-state index in [1.807, 2.05) is 60.7 Å². The summed E-state index contributed by atoms with van der Waals surface area (Å²) in [5.74, 6) is -2.44. The largest absolute Gasteiger partial charge is 0.477 e. The molecule has 128 valence electrons. The lowest BCUT2D eigenvalue weighted by molar-refractivity contribution is -0.143. The Morgan fingerprint density at radius 2 is 1.48 bits per heavy atom. The van der Waals surface area contributed by atoms with Crippen LogP contribution in [0.15, 0.2) is 77.4 Å². The summed E-state index contributed by atoms with van der Waals surface area (Å²) >= 11 is 0. The number of ether oxygens (including phenoxy) is 1. The summed E-state index contributed by atoms with van der Waals surface area (Å²) in [5, 5.41) is 9.49.